The maximum absolute atomic E-state index is 13.4. The van der Waals surface area contributed by atoms with Crippen molar-refractivity contribution in [1.82, 2.24) is 0 Å². The van der Waals surface area contributed by atoms with Crippen molar-refractivity contribution in [3.63, 3.8) is 0 Å². The van der Waals surface area contributed by atoms with Gasteiger partial charge in [-0.05, 0) is 42.3 Å². The highest BCUT2D eigenvalue weighted by molar-refractivity contribution is 5.97. The molecule has 0 heterocycles. The quantitative estimate of drug-likeness (QED) is 0.609. The van der Waals surface area contributed by atoms with E-state index in [1.165, 1.54) is 18.2 Å². The van der Waals surface area contributed by atoms with Gasteiger partial charge in [0.2, 0.25) is 0 Å². The summed E-state index contributed by atoms with van der Waals surface area (Å²) in [7, 11) is 0. The minimum absolute atomic E-state index is 0.0731. The Bertz CT molecular complexity index is 711. The van der Waals surface area contributed by atoms with E-state index in [2.05, 4.69) is 4.74 Å². The van der Waals surface area contributed by atoms with E-state index in [-0.39, 0.29) is 23.3 Å². The summed E-state index contributed by atoms with van der Waals surface area (Å²) >= 11 is 0. The fourth-order valence-electron chi connectivity index (χ4n) is 2.01. The lowest BCUT2D eigenvalue weighted by Crippen LogP contribution is -2.17. The molecule has 122 valence electrons. The Labute approximate surface area is 129 Å². The van der Waals surface area contributed by atoms with Crippen LogP contribution in [0.2, 0.25) is 0 Å². The highest BCUT2D eigenvalue weighted by Crippen LogP contribution is 2.30. The van der Waals surface area contributed by atoms with Crippen molar-refractivity contribution in [2.45, 2.75) is 13.3 Å². The van der Waals surface area contributed by atoms with E-state index in [1.807, 2.05) is 0 Å². The molecule has 2 rings (SSSR count). The Morgan fingerprint density at radius 3 is 2.52 bits per heavy atom. The number of carbonyl (C=O) groups excluding carboxylic acids is 1. The molecule has 0 radical (unpaired) electrons. The van der Waals surface area contributed by atoms with E-state index in [9.17, 15) is 22.4 Å². The van der Waals surface area contributed by atoms with Crippen molar-refractivity contribution in [2.24, 2.45) is 0 Å². The normalized spacial score (nSPS) is 11.2. The van der Waals surface area contributed by atoms with Crippen molar-refractivity contribution in [3.05, 3.63) is 53.8 Å². The second-order valence-corrected chi connectivity index (χ2v) is 4.49. The molecule has 0 atom stereocenters. The zero-order valence-electron chi connectivity index (χ0n) is 12.0. The maximum Gasteiger partial charge on any atom is 0.573 e. The van der Waals surface area contributed by atoms with Gasteiger partial charge in [0.25, 0.3) is 0 Å². The molecule has 3 nitrogen and oxygen atoms in total. The van der Waals surface area contributed by atoms with Crippen LogP contribution in [0.25, 0.3) is 11.1 Å². The molecule has 0 saturated heterocycles. The van der Waals surface area contributed by atoms with E-state index < -0.39 is 23.9 Å². The molecule has 2 aromatic rings. The lowest BCUT2D eigenvalue weighted by Gasteiger charge is -2.12. The summed E-state index contributed by atoms with van der Waals surface area (Å²) in [4.78, 5) is 11.9. The first-order valence-corrected chi connectivity index (χ1v) is 6.63. The van der Waals surface area contributed by atoms with Gasteiger partial charge < -0.3 is 9.47 Å². The van der Waals surface area contributed by atoms with Crippen molar-refractivity contribution in [1.29, 1.82) is 0 Å². The minimum Gasteiger partial charge on any atom is -0.462 e. The predicted octanol–water partition coefficient (Wildman–Crippen LogP) is 4.57. The third-order valence-electron chi connectivity index (χ3n) is 2.86. The fraction of sp³-hybridized carbons (Fsp3) is 0.188. The average molecular weight is 328 g/mol. The molecule has 0 amide bonds. The van der Waals surface area contributed by atoms with Gasteiger partial charge in [-0.15, -0.1) is 13.2 Å². The summed E-state index contributed by atoms with van der Waals surface area (Å²) < 4.78 is 58.9. The second kappa shape index (κ2) is 6.68. The maximum atomic E-state index is 13.4. The average Bonchev–Trinajstić information content (AvgIpc) is 2.46. The van der Waals surface area contributed by atoms with E-state index >= 15 is 0 Å². The van der Waals surface area contributed by atoms with E-state index in [1.54, 1.807) is 6.92 Å². The van der Waals surface area contributed by atoms with Gasteiger partial charge in [0.15, 0.2) is 0 Å². The molecule has 7 heteroatoms. The molecular weight excluding hydrogens is 316 g/mol. The number of alkyl halides is 3. The molecule has 0 fully saturated rings. The molecule has 2 aromatic carbocycles. The van der Waals surface area contributed by atoms with Gasteiger partial charge in [-0.3, -0.25) is 0 Å². The summed E-state index contributed by atoms with van der Waals surface area (Å²) in [5, 5.41) is 0. The van der Waals surface area contributed by atoms with Gasteiger partial charge in [-0.2, -0.15) is 0 Å². The number of halogens is 4. The first-order valence-electron chi connectivity index (χ1n) is 6.63. The van der Waals surface area contributed by atoms with Crippen LogP contribution >= 0.6 is 0 Å². The predicted molar refractivity (Wildman–Crippen MR) is 74.5 cm³/mol. The van der Waals surface area contributed by atoms with Crippen LogP contribution in [0, 0.1) is 5.82 Å². The SMILES string of the molecule is CCOC(=O)c1cc(F)ccc1-c1cccc(OC(F)(F)F)c1. The van der Waals surface area contributed by atoms with Crippen LogP contribution in [0.1, 0.15) is 17.3 Å². The molecule has 0 spiro atoms. The summed E-state index contributed by atoms with van der Waals surface area (Å²) in [6.07, 6.45) is -4.83. The molecule has 0 aliphatic carbocycles. The number of esters is 1. The van der Waals surface area contributed by atoms with Crippen LogP contribution in [-0.4, -0.2) is 18.9 Å². The molecule has 0 saturated carbocycles. The Morgan fingerprint density at radius 2 is 1.87 bits per heavy atom. The zero-order chi connectivity index (χ0) is 17.0. The first-order chi connectivity index (χ1) is 10.8. The second-order valence-electron chi connectivity index (χ2n) is 4.49. The third-order valence-corrected chi connectivity index (χ3v) is 2.86. The topological polar surface area (TPSA) is 35.5 Å². The van der Waals surface area contributed by atoms with Gasteiger partial charge >= 0.3 is 12.3 Å². The molecule has 0 N–H and O–H groups in total. The Kier molecular flexibility index (Phi) is 4.88. The largest absolute Gasteiger partial charge is 0.573 e. The number of hydrogen-bond acceptors (Lipinski definition) is 3. The number of benzene rings is 2. The Balaban J connectivity index is 2.46. The van der Waals surface area contributed by atoms with E-state index in [0.717, 1.165) is 24.3 Å². The lowest BCUT2D eigenvalue weighted by atomic mass is 9.99. The zero-order valence-corrected chi connectivity index (χ0v) is 12.0. The Hall–Kier alpha value is -2.57. The number of carbonyl (C=O) groups is 1. The summed E-state index contributed by atoms with van der Waals surface area (Å²) in [6.45, 7) is 1.68. The number of rotatable bonds is 4. The molecule has 0 aromatic heterocycles. The molecule has 0 aliphatic rings. The highest BCUT2D eigenvalue weighted by atomic mass is 19.4. The van der Waals surface area contributed by atoms with Crippen LogP contribution in [0.3, 0.4) is 0 Å². The summed E-state index contributed by atoms with van der Waals surface area (Å²) in [5.41, 5.74) is 0.447. The highest BCUT2D eigenvalue weighted by Gasteiger charge is 2.31. The van der Waals surface area contributed by atoms with Gasteiger partial charge in [-0.25, -0.2) is 9.18 Å². The fourth-order valence-corrected chi connectivity index (χ4v) is 2.01. The Morgan fingerprint density at radius 1 is 1.13 bits per heavy atom. The summed E-state index contributed by atoms with van der Waals surface area (Å²) in [6, 6.07) is 8.45. The minimum atomic E-state index is -4.83. The molecule has 0 unspecified atom stereocenters. The van der Waals surface area contributed by atoms with Crippen LogP contribution in [0.5, 0.6) is 5.75 Å². The lowest BCUT2D eigenvalue weighted by molar-refractivity contribution is -0.274. The smallest absolute Gasteiger partial charge is 0.462 e. The first kappa shape index (κ1) is 16.8. The molecule has 23 heavy (non-hydrogen) atoms. The van der Waals surface area contributed by atoms with E-state index in [0.29, 0.717) is 0 Å². The third kappa shape index (κ3) is 4.45. The van der Waals surface area contributed by atoms with Gasteiger partial charge in [-0.1, -0.05) is 18.2 Å². The number of ether oxygens (including phenoxy) is 2. The van der Waals surface area contributed by atoms with Crippen molar-refractivity contribution in [3.8, 4) is 16.9 Å². The van der Waals surface area contributed by atoms with Gasteiger partial charge in [0.05, 0.1) is 12.2 Å². The standard InChI is InChI=1S/C16H12F4O3/c1-2-22-15(21)14-9-11(17)6-7-13(14)10-4-3-5-12(8-10)23-16(18,19)20/h3-9H,2H2,1H3. The molecule has 0 bridgehead atoms. The van der Waals surface area contributed by atoms with Crippen LogP contribution in [-0.2, 0) is 4.74 Å². The molecule has 0 aliphatic heterocycles. The monoisotopic (exact) mass is 328 g/mol. The van der Waals surface area contributed by atoms with Crippen LogP contribution in [0.15, 0.2) is 42.5 Å². The van der Waals surface area contributed by atoms with E-state index in [4.69, 9.17) is 4.74 Å². The van der Waals surface area contributed by atoms with Crippen LogP contribution in [0.4, 0.5) is 17.6 Å². The summed E-state index contributed by atoms with van der Waals surface area (Å²) in [5.74, 6) is -1.85. The van der Waals surface area contributed by atoms with Crippen molar-refractivity contribution >= 4 is 5.97 Å². The number of hydrogen-bond donors (Lipinski definition) is 0. The van der Waals surface area contributed by atoms with Crippen molar-refractivity contribution < 1.29 is 31.8 Å². The van der Waals surface area contributed by atoms with Crippen molar-refractivity contribution in [2.75, 3.05) is 6.61 Å². The molecular formula is C16H12F4O3. The van der Waals surface area contributed by atoms with Gasteiger partial charge in [0.1, 0.15) is 11.6 Å². The van der Waals surface area contributed by atoms with Crippen LogP contribution < -0.4 is 4.74 Å². The van der Waals surface area contributed by atoms with Gasteiger partial charge in [0, 0.05) is 0 Å².